The van der Waals surface area contributed by atoms with Crippen molar-refractivity contribution in [3.8, 4) is 0 Å². The number of sulfonamides is 1. The number of aromatic nitrogens is 1. The van der Waals surface area contributed by atoms with Crippen LogP contribution in [0.15, 0.2) is 41.2 Å². The molecule has 0 aliphatic carbocycles. The minimum atomic E-state index is -3.55. The smallest absolute Gasteiger partial charge is 0.321 e. The van der Waals surface area contributed by atoms with Crippen molar-refractivity contribution in [2.75, 3.05) is 28.9 Å². The Hall–Kier alpha value is -2.88. The zero-order valence-electron chi connectivity index (χ0n) is 17.2. The van der Waals surface area contributed by atoms with Gasteiger partial charge < -0.3 is 14.8 Å². The van der Waals surface area contributed by atoms with E-state index < -0.39 is 10.0 Å². The van der Waals surface area contributed by atoms with E-state index in [1.807, 2.05) is 0 Å². The van der Waals surface area contributed by atoms with Crippen LogP contribution in [0.1, 0.15) is 31.4 Å². The summed E-state index contributed by atoms with van der Waals surface area (Å²) in [4.78, 5) is 27.4. The van der Waals surface area contributed by atoms with Gasteiger partial charge in [-0.1, -0.05) is 6.92 Å². The molecule has 0 unspecified atom stereocenters. The largest absolute Gasteiger partial charge is 0.324 e. The van der Waals surface area contributed by atoms with Crippen LogP contribution in [0.25, 0.3) is 0 Å². The third-order valence-corrected chi connectivity index (χ3v) is 7.20. The molecule has 1 aromatic carbocycles. The van der Waals surface area contributed by atoms with Crippen molar-refractivity contribution in [2.24, 2.45) is 5.92 Å². The molecule has 10 heteroatoms. The highest BCUT2D eigenvalue weighted by molar-refractivity contribution is 7.92. The minimum Gasteiger partial charge on any atom is -0.324 e. The van der Waals surface area contributed by atoms with Crippen LogP contribution in [0.2, 0.25) is 0 Å². The van der Waals surface area contributed by atoms with Crippen LogP contribution in [-0.2, 0) is 16.6 Å². The van der Waals surface area contributed by atoms with Gasteiger partial charge in [-0.05, 0) is 55.2 Å². The number of likely N-dealkylation sites (tertiary alicyclic amines) is 1. The highest BCUT2D eigenvalue weighted by Gasteiger charge is 2.37. The second kappa shape index (κ2) is 8.33. The number of amides is 2. The zero-order chi connectivity index (χ0) is 22.2. The first-order chi connectivity index (χ1) is 14.8. The molecule has 31 heavy (non-hydrogen) atoms. The molecule has 2 N–H and O–H groups in total. The van der Waals surface area contributed by atoms with Gasteiger partial charge in [-0.2, -0.15) is 0 Å². The number of nitrogens with zero attached hydrogens (tertiary/aromatic N) is 2. The Morgan fingerprint density at radius 3 is 2.58 bits per heavy atom. The maximum atomic E-state index is 13.1. The molecular formula is C21H25FN4O4S. The molecular weight excluding hydrogens is 423 g/mol. The third kappa shape index (κ3) is 4.58. The number of carbonyl (C=O) groups excluding carboxylic acids is 1. The van der Waals surface area contributed by atoms with Crippen molar-refractivity contribution < 1.29 is 17.6 Å². The average Bonchev–Trinajstić information content (AvgIpc) is 2.72. The maximum absolute atomic E-state index is 13.1. The first-order valence-electron chi connectivity index (χ1n) is 10.3. The first kappa shape index (κ1) is 21.4. The summed E-state index contributed by atoms with van der Waals surface area (Å²) in [5.74, 6) is -0.341. The number of nitrogens with one attached hydrogen (secondary N) is 2. The fourth-order valence-electron chi connectivity index (χ4n) is 4.41. The molecule has 2 atom stereocenters. The Kier molecular flexibility index (Phi) is 5.74. The fourth-order valence-corrected chi connectivity index (χ4v) is 5.54. The van der Waals surface area contributed by atoms with Crippen molar-refractivity contribution >= 4 is 27.4 Å². The maximum Gasteiger partial charge on any atom is 0.321 e. The summed E-state index contributed by atoms with van der Waals surface area (Å²) in [6, 6.07) is 8.61. The topological polar surface area (TPSA) is 101 Å². The summed E-state index contributed by atoms with van der Waals surface area (Å²) in [5.41, 5.74) is 1.03. The Labute approximate surface area is 180 Å². The van der Waals surface area contributed by atoms with Gasteiger partial charge in [0.2, 0.25) is 10.0 Å². The summed E-state index contributed by atoms with van der Waals surface area (Å²) in [6.07, 6.45) is 1.32. The van der Waals surface area contributed by atoms with Crippen LogP contribution in [0.4, 0.5) is 20.6 Å². The molecule has 1 saturated heterocycles. The Bertz CT molecular complexity index is 1150. The second-order valence-electron chi connectivity index (χ2n) is 8.15. The van der Waals surface area contributed by atoms with E-state index in [9.17, 15) is 22.4 Å². The lowest BCUT2D eigenvalue weighted by Gasteiger charge is -2.42. The van der Waals surface area contributed by atoms with E-state index in [1.54, 1.807) is 22.5 Å². The van der Waals surface area contributed by atoms with Crippen molar-refractivity contribution in [1.82, 2.24) is 9.47 Å². The number of anilines is 2. The molecule has 2 amide bonds. The van der Waals surface area contributed by atoms with Crippen LogP contribution in [0.3, 0.4) is 0 Å². The zero-order valence-corrected chi connectivity index (χ0v) is 18.0. The van der Waals surface area contributed by atoms with Crippen LogP contribution in [0, 0.1) is 11.7 Å². The van der Waals surface area contributed by atoms with Gasteiger partial charge in [0.05, 0.1) is 5.75 Å². The second-order valence-corrected chi connectivity index (χ2v) is 9.99. The van der Waals surface area contributed by atoms with Crippen LogP contribution in [-0.4, -0.2) is 42.8 Å². The molecule has 2 aromatic rings. The molecule has 2 bridgehead atoms. The Morgan fingerprint density at radius 2 is 1.87 bits per heavy atom. The van der Waals surface area contributed by atoms with Crippen LogP contribution < -0.4 is 15.6 Å². The van der Waals surface area contributed by atoms with E-state index in [0.29, 0.717) is 31.7 Å². The number of halogens is 1. The summed E-state index contributed by atoms with van der Waals surface area (Å²) in [7, 11) is -3.55. The summed E-state index contributed by atoms with van der Waals surface area (Å²) in [5, 5.41) is 2.79. The van der Waals surface area contributed by atoms with Crippen molar-refractivity contribution in [3.05, 3.63) is 58.3 Å². The number of hydrogen-bond donors (Lipinski definition) is 2. The highest BCUT2D eigenvalue weighted by Crippen LogP contribution is 2.35. The van der Waals surface area contributed by atoms with E-state index in [1.165, 1.54) is 30.3 Å². The summed E-state index contributed by atoms with van der Waals surface area (Å²) < 4.78 is 41.3. The lowest BCUT2D eigenvalue weighted by molar-refractivity contribution is 0.139. The molecule has 8 nitrogen and oxygen atoms in total. The van der Waals surface area contributed by atoms with Gasteiger partial charge in [0.15, 0.2) is 0 Å². The average molecular weight is 449 g/mol. The molecule has 0 saturated carbocycles. The van der Waals surface area contributed by atoms with Gasteiger partial charge in [-0.25, -0.2) is 17.6 Å². The quantitative estimate of drug-likeness (QED) is 0.735. The standard InChI is InChI=1S/C21H25FN4O4S/c1-2-9-31(29,30)24-18-7-8-19-15-10-14(12-26(19)20(18)27)11-25(13-15)21(28)23-17-5-3-16(22)4-6-17/h3-8,14-15,24H,2,9-13H2,1H3,(H,23,28)/t14-,15+/m0/s1. The van der Waals surface area contributed by atoms with Crippen molar-refractivity contribution in [1.29, 1.82) is 0 Å². The van der Waals surface area contributed by atoms with E-state index >= 15 is 0 Å². The number of hydrogen-bond acceptors (Lipinski definition) is 4. The lowest BCUT2D eigenvalue weighted by Crippen LogP contribution is -2.50. The lowest BCUT2D eigenvalue weighted by atomic mass is 9.83. The SMILES string of the molecule is CCCS(=O)(=O)Nc1ccc2n(c1=O)C[C@H]1C[C@@H]2CN(C(=O)Nc2ccc(F)cc2)C1. The number of pyridine rings is 1. The minimum absolute atomic E-state index is 0.0135. The van der Waals surface area contributed by atoms with Gasteiger partial charge in [0, 0.05) is 36.9 Å². The molecule has 0 spiro atoms. The van der Waals surface area contributed by atoms with E-state index in [2.05, 4.69) is 10.0 Å². The number of rotatable bonds is 5. The van der Waals surface area contributed by atoms with E-state index in [4.69, 9.17) is 0 Å². The molecule has 166 valence electrons. The normalized spacial score (nSPS) is 20.1. The molecule has 0 radical (unpaired) electrons. The Balaban J connectivity index is 1.52. The number of piperidine rings is 1. The number of urea groups is 1. The molecule has 2 aliphatic rings. The van der Waals surface area contributed by atoms with Crippen LogP contribution >= 0.6 is 0 Å². The van der Waals surface area contributed by atoms with E-state index in [-0.39, 0.29) is 40.7 Å². The molecule has 3 heterocycles. The van der Waals surface area contributed by atoms with Crippen molar-refractivity contribution in [3.63, 3.8) is 0 Å². The predicted octanol–water partition coefficient (Wildman–Crippen LogP) is 2.79. The summed E-state index contributed by atoms with van der Waals surface area (Å²) >= 11 is 0. The number of fused-ring (bicyclic) bond motifs is 4. The van der Waals surface area contributed by atoms with E-state index in [0.717, 1.165) is 12.1 Å². The van der Waals surface area contributed by atoms with Gasteiger partial charge in [0.25, 0.3) is 5.56 Å². The summed E-state index contributed by atoms with van der Waals surface area (Å²) in [6.45, 7) is 3.12. The van der Waals surface area contributed by atoms with Gasteiger partial charge in [-0.3, -0.25) is 9.52 Å². The molecule has 1 aromatic heterocycles. The number of benzene rings is 1. The third-order valence-electron chi connectivity index (χ3n) is 5.73. The fraction of sp³-hybridized carbons (Fsp3) is 0.429. The Morgan fingerprint density at radius 1 is 1.13 bits per heavy atom. The first-order valence-corrected chi connectivity index (χ1v) is 12.0. The van der Waals surface area contributed by atoms with Crippen molar-refractivity contribution in [2.45, 2.75) is 32.2 Å². The highest BCUT2D eigenvalue weighted by atomic mass is 32.2. The monoisotopic (exact) mass is 448 g/mol. The number of carbonyl (C=O) groups is 1. The van der Waals surface area contributed by atoms with Gasteiger partial charge in [0.1, 0.15) is 11.5 Å². The molecule has 4 rings (SSSR count). The van der Waals surface area contributed by atoms with Crippen LogP contribution in [0.5, 0.6) is 0 Å². The molecule has 2 aliphatic heterocycles. The van der Waals surface area contributed by atoms with Gasteiger partial charge >= 0.3 is 6.03 Å². The van der Waals surface area contributed by atoms with Gasteiger partial charge in [-0.15, -0.1) is 0 Å². The predicted molar refractivity (Wildman–Crippen MR) is 116 cm³/mol. The molecule has 1 fully saturated rings.